The second-order valence-electron chi connectivity index (χ2n) is 3.84. The Hall–Kier alpha value is -3.08. The molecular formula is C19H12O. The van der Waals surface area contributed by atoms with E-state index in [-0.39, 0.29) is 0 Å². The van der Waals surface area contributed by atoms with E-state index in [9.17, 15) is 0 Å². The molecule has 0 spiro atoms. The van der Waals surface area contributed by atoms with Crippen LogP contribution in [0.4, 0.5) is 0 Å². The molecule has 0 aliphatic carbocycles. The van der Waals surface area contributed by atoms with Crippen molar-refractivity contribution in [2.75, 3.05) is 7.11 Å². The molecule has 20 heavy (non-hydrogen) atoms. The monoisotopic (exact) mass is 256 g/mol. The van der Waals surface area contributed by atoms with E-state index in [2.05, 4.69) is 35.5 Å². The quantitative estimate of drug-likeness (QED) is 0.712. The van der Waals surface area contributed by atoms with Gasteiger partial charge in [0.2, 0.25) is 0 Å². The number of benzene rings is 2. The standard InChI is InChI=1S/C19H12O/c1-20-19-15-13-18(14-16-19)12-6-3-2-5-9-17-10-7-4-8-11-17/h4,7-8,10-11,13-16H,1H3. The lowest BCUT2D eigenvalue weighted by atomic mass is 10.2. The van der Waals surface area contributed by atoms with E-state index in [0.717, 1.165) is 16.9 Å². The molecular weight excluding hydrogens is 244 g/mol. The molecule has 0 aliphatic rings. The normalized spacial score (nSPS) is 8.05. The van der Waals surface area contributed by atoms with Crippen LogP contribution in [0.5, 0.6) is 5.75 Å². The first kappa shape index (κ1) is 13.4. The zero-order chi connectivity index (χ0) is 14.0. The van der Waals surface area contributed by atoms with Gasteiger partial charge in [0.25, 0.3) is 0 Å². The van der Waals surface area contributed by atoms with Crippen LogP contribution in [0.15, 0.2) is 54.6 Å². The SMILES string of the molecule is COc1ccc(C#CC#CC#Cc2ccccc2)cc1. The van der Waals surface area contributed by atoms with Crippen molar-refractivity contribution in [3.05, 3.63) is 65.7 Å². The average molecular weight is 256 g/mol. The van der Waals surface area contributed by atoms with Gasteiger partial charge in [0.15, 0.2) is 0 Å². The van der Waals surface area contributed by atoms with Crippen LogP contribution in [0.2, 0.25) is 0 Å². The summed E-state index contributed by atoms with van der Waals surface area (Å²) in [6, 6.07) is 17.3. The zero-order valence-electron chi connectivity index (χ0n) is 11.1. The molecule has 94 valence electrons. The van der Waals surface area contributed by atoms with E-state index in [4.69, 9.17) is 4.74 Å². The summed E-state index contributed by atoms with van der Waals surface area (Å²) in [5.41, 5.74) is 1.85. The van der Waals surface area contributed by atoms with Crippen molar-refractivity contribution in [2.45, 2.75) is 0 Å². The highest BCUT2D eigenvalue weighted by molar-refractivity contribution is 5.46. The van der Waals surface area contributed by atoms with Gasteiger partial charge >= 0.3 is 0 Å². The van der Waals surface area contributed by atoms with Gasteiger partial charge in [-0.2, -0.15) is 0 Å². The van der Waals surface area contributed by atoms with Crippen molar-refractivity contribution in [1.82, 2.24) is 0 Å². The van der Waals surface area contributed by atoms with Crippen LogP contribution in [-0.4, -0.2) is 7.11 Å². The molecule has 2 aromatic carbocycles. The summed E-state index contributed by atoms with van der Waals surface area (Å²) in [4.78, 5) is 0. The molecule has 0 saturated heterocycles. The van der Waals surface area contributed by atoms with Gasteiger partial charge in [-0.15, -0.1) is 0 Å². The van der Waals surface area contributed by atoms with E-state index in [1.807, 2.05) is 54.6 Å². The van der Waals surface area contributed by atoms with Crippen molar-refractivity contribution < 1.29 is 4.74 Å². The second kappa shape index (κ2) is 7.38. The zero-order valence-corrected chi connectivity index (χ0v) is 11.1. The summed E-state index contributed by atoms with van der Waals surface area (Å²) < 4.78 is 5.07. The van der Waals surface area contributed by atoms with Crippen molar-refractivity contribution in [3.63, 3.8) is 0 Å². The van der Waals surface area contributed by atoms with E-state index in [1.165, 1.54) is 0 Å². The fourth-order valence-electron chi connectivity index (χ4n) is 1.47. The van der Waals surface area contributed by atoms with E-state index in [1.54, 1.807) is 7.11 Å². The van der Waals surface area contributed by atoms with Crippen molar-refractivity contribution in [3.8, 4) is 41.3 Å². The van der Waals surface area contributed by atoms with Crippen LogP contribution in [0, 0.1) is 35.5 Å². The van der Waals surface area contributed by atoms with Crippen molar-refractivity contribution in [1.29, 1.82) is 0 Å². The highest BCUT2D eigenvalue weighted by atomic mass is 16.5. The number of rotatable bonds is 1. The first-order valence-corrected chi connectivity index (χ1v) is 6.09. The topological polar surface area (TPSA) is 9.23 Å². The Bertz CT molecular complexity index is 736. The molecule has 0 radical (unpaired) electrons. The Kier molecular flexibility index (Phi) is 4.92. The molecule has 2 aromatic rings. The molecule has 0 aliphatic heterocycles. The summed E-state index contributed by atoms with van der Waals surface area (Å²) in [6.07, 6.45) is 0. The van der Waals surface area contributed by atoms with Gasteiger partial charge in [-0.25, -0.2) is 0 Å². The lowest BCUT2D eigenvalue weighted by molar-refractivity contribution is 0.415. The minimum Gasteiger partial charge on any atom is -0.497 e. The third-order valence-electron chi connectivity index (χ3n) is 2.46. The number of ether oxygens (including phenoxy) is 1. The van der Waals surface area contributed by atoms with Crippen LogP contribution in [0.1, 0.15) is 11.1 Å². The van der Waals surface area contributed by atoms with Gasteiger partial charge < -0.3 is 4.74 Å². The molecule has 0 fully saturated rings. The fourth-order valence-corrected chi connectivity index (χ4v) is 1.47. The van der Waals surface area contributed by atoms with Crippen LogP contribution < -0.4 is 4.74 Å². The second-order valence-corrected chi connectivity index (χ2v) is 3.84. The maximum absolute atomic E-state index is 5.07. The van der Waals surface area contributed by atoms with Gasteiger partial charge in [0, 0.05) is 11.1 Å². The van der Waals surface area contributed by atoms with Gasteiger partial charge in [-0.1, -0.05) is 30.0 Å². The largest absolute Gasteiger partial charge is 0.497 e. The number of hydrogen-bond donors (Lipinski definition) is 0. The Morgan fingerprint density at radius 1 is 0.650 bits per heavy atom. The molecule has 0 saturated carbocycles. The number of methoxy groups -OCH3 is 1. The lowest BCUT2D eigenvalue weighted by Crippen LogP contribution is -1.81. The highest BCUT2D eigenvalue weighted by Crippen LogP contribution is 2.09. The summed E-state index contributed by atoms with van der Waals surface area (Å²) >= 11 is 0. The first-order valence-electron chi connectivity index (χ1n) is 6.09. The molecule has 0 amide bonds. The Balaban J connectivity index is 1.98. The molecule has 0 unspecified atom stereocenters. The first-order chi connectivity index (χ1) is 9.88. The highest BCUT2D eigenvalue weighted by Gasteiger charge is 1.88. The van der Waals surface area contributed by atoms with Gasteiger partial charge in [0.1, 0.15) is 5.75 Å². The predicted octanol–water partition coefficient (Wildman–Crippen LogP) is 3.10. The van der Waals surface area contributed by atoms with Gasteiger partial charge in [-0.05, 0) is 60.1 Å². The number of hydrogen-bond acceptors (Lipinski definition) is 1. The molecule has 0 aromatic heterocycles. The predicted molar refractivity (Wildman–Crippen MR) is 81.0 cm³/mol. The summed E-state index contributed by atoms with van der Waals surface area (Å²) in [5.74, 6) is 17.7. The molecule has 1 heteroatoms. The molecule has 0 heterocycles. The minimum absolute atomic E-state index is 0.815. The minimum atomic E-state index is 0.815. The third-order valence-corrected chi connectivity index (χ3v) is 2.46. The third kappa shape index (κ3) is 4.30. The van der Waals surface area contributed by atoms with E-state index < -0.39 is 0 Å². The molecule has 0 atom stereocenters. The fraction of sp³-hybridized carbons (Fsp3) is 0.0526. The summed E-state index contributed by atoms with van der Waals surface area (Å²) in [5, 5.41) is 0. The molecule has 0 bridgehead atoms. The Morgan fingerprint density at radius 3 is 1.75 bits per heavy atom. The summed E-state index contributed by atoms with van der Waals surface area (Å²) in [6.45, 7) is 0. The lowest BCUT2D eigenvalue weighted by Gasteiger charge is -1.96. The van der Waals surface area contributed by atoms with Crippen LogP contribution in [-0.2, 0) is 0 Å². The van der Waals surface area contributed by atoms with Gasteiger partial charge in [-0.3, -0.25) is 0 Å². The van der Waals surface area contributed by atoms with E-state index in [0.29, 0.717) is 0 Å². The molecule has 1 nitrogen and oxygen atoms in total. The molecule has 0 N–H and O–H groups in total. The maximum Gasteiger partial charge on any atom is 0.118 e. The Labute approximate surface area is 119 Å². The molecule has 2 rings (SSSR count). The maximum atomic E-state index is 5.07. The van der Waals surface area contributed by atoms with Crippen molar-refractivity contribution in [2.24, 2.45) is 0 Å². The van der Waals surface area contributed by atoms with Crippen LogP contribution in [0.25, 0.3) is 0 Å². The average Bonchev–Trinajstić information content (AvgIpc) is 2.52. The summed E-state index contributed by atoms with van der Waals surface area (Å²) in [7, 11) is 1.64. The van der Waals surface area contributed by atoms with Crippen LogP contribution >= 0.6 is 0 Å². The van der Waals surface area contributed by atoms with E-state index >= 15 is 0 Å². The Morgan fingerprint density at radius 2 is 1.20 bits per heavy atom. The van der Waals surface area contributed by atoms with Crippen molar-refractivity contribution >= 4 is 0 Å². The smallest absolute Gasteiger partial charge is 0.118 e. The van der Waals surface area contributed by atoms with Gasteiger partial charge in [0.05, 0.1) is 7.11 Å². The van der Waals surface area contributed by atoms with Crippen LogP contribution in [0.3, 0.4) is 0 Å².